The van der Waals surface area contributed by atoms with Crippen molar-refractivity contribution in [2.45, 2.75) is 64.0 Å². The topological polar surface area (TPSA) is 18.5 Å². The molecule has 2 aromatic carbocycles. The number of benzene rings is 2. The molecule has 2 nitrogen and oxygen atoms in total. The third-order valence-electron chi connectivity index (χ3n) is 9.00. The summed E-state index contributed by atoms with van der Waals surface area (Å²) < 4.78 is 13.5. The summed E-state index contributed by atoms with van der Waals surface area (Å²) in [4.78, 5) is 0. The minimum Gasteiger partial charge on any atom is -0.402 e. The second-order valence-corrected chi connectivity index (χ2v) is 15.9. The van der Waals surface area contributed by atoms with E-state index in [-0.39, 0.29) is 24.4 Å². The Hall–Kier alpha value is -1.62. The molecule has 4 aliphatic rings. The van der Waals surface area contributed by atoms with E-state index >= 15 is 0 Å². The van der Waals surface area contributed by atoms with E-state index < -0.39 is 8.07 Å². The lowest BCUT2D eigenvalue weighted by Gasteiger charge is -2.64. The van der Waals surface area contributed by atoms with Crippen molar-refractivity contribution >= 4 is 20.4 Å². The van der Waals surface area contributed by atoms with Gasteiger partial charge < -0.3 is 9.31 Å². The van der Waals surface area contributed by atoms with Crippen LogP contribution in [0.15, 0.2) is 72.7 Å². The maximum absolute atomic E-state index is 6.83. The van der Waals surface area contributed by atoms with Crippen LogP contribution in [0.25, 0.3) is 0 Å². The van der Waals surface area contributed by atoms with Gasteiger partial charge in [0.25, 0.3) is 0 Å². The highest BCUT2D eigenvalue weighted by Crippen LogP contribution is 2.66. The van der Waals surface area contributed by atoms with Crippen LogP contribution in [0, 0.1) is 17.3 Å². The lowest BCUT2D eigenvalue weighted by Crippen LogP contribution is -2.65. The normalized spacial score (nSPS) is 32.2. The van der Waals surface area contributed by atoms with Crippen LogP contribution in [0.2, 0.25) is 13.1 Å². The Morgan fingerprint density at radius 3 is 2.23 bits per heavy atom. The molecular formula is C27H35BO2Si. The summed E-state index contributed by atoms with van der Waals surface area (Å²) >= 11 is 0. The molecule has 0 radical (unpaired) electrons. The van der Waals surface area contributed by atoms with Crippen LogP contribution in [0.1, 0.15) is 44.7 Å². The van der Waals surface area contributed by atoms with Crippen LogP contribution in [-0.4, -0.2) is 26.9 Å². The first-order valence-corrected chi connectivity index (χ1v) is 14.9. The van der Waals surface area contributed by atoms with Crippen LogP contribution < -0.4 is 5.19 Å². The molecule has 31 heavy (non-hydrogen) atoms. The van der Waals surface area contributed by atoms with Crippen molar-refractivity contribution in [3.63, 3.8) is 0 Å². The van der Waals surface area contributed by atoms with Gasteiger partial charge in [0.2, 0.25) is 0 Å². The lowest BCUT2D eigenvalue weighted by molar-refractivity contribution is -0.199. The molecule has 0 spiro atoms. The molecular weight excluding hydrogens is 395 g/mol. The van der Waals surface area contributed by atoms with Crippen molar-refractivity contribution in [3.05, 3.63) is 78.3 Å². The third-order valence-corrected chi connectivity index (χ3v) is 13.0. The minimum atomic E-state index is -1.95. The van der Waals surface area contributed by atoms with Gasteiger partial charge in [0, 0.05) is 5.54 Å². The third kappa shape index (κ3) is 3.13. The van der Waals surface area contributed by atoms with Crippen LogP contribution >= 0.6 is 0 Å². The maximum Gasteiger partial charge on any atom is 0.490 e. The fourth-order valence-electron chi connectivity index (χ4n) is 6.94. The molecule has 4 fully saturated rings. The Morgan fingerprint density at radius 2 is 1.61 bits per heavy atom. The number of hydrogen-bond donors (Lipinski definition) is 0. The van der Waals surface area contributed by atoms with Gasteiger partial charge >= 0.3 is 7.12 Å². The summed E-state index contributed by atoms with van der Waals surface area (Å²) in [6.07, 6.45) is 2.57. The van der Waals surface area contributed by atoms with E-state index in [1.807, 2.05) is 0 Å². The van der Waals surface area contributed by atoms with E-state index in [9.17, 15) is 0 Å². The Labute approximate surface area is 189 Å². The summed E-state index contributed by atoms with van der Waals surface area (Å²) in [7, 11) is -2.28. The number of hydrogen-bond acceptors (Lipinski definition) is 2. The van der Waals surface area contributed by atoms with E-state index in [0.717, 1.165) is 17.8 Å². The van der Waals surface area contributed by atoms with E-state index in [0.29, 0.717) is 11.3 Å². The molecule has 1 aliphatic heterocycles. The van der Waals surface area contributed by atoms with Gasteiger partial charge in [-0.15, -0.1) is 6.58 Å². The van der Waals surface area contributed by atoms with Crippen LogP contribution in [0.4, 0.5) is 0 Å². The van der Waals surface area contributed by atoms with E-state index in [2.05, 4.69) is 101 Å². The van der Waals surface area contributed by atoms with Gasteiger partial charge in [-0.3, -0.25) is 0 Å². The molecule has 5 atom stereocenters. The van der Waals surface area contributed by atoms with E-state index in [4.69, 9.17) is 9.31 Å². The Morgan fingerprint density at radius 1 is 1.00 bits per heavy atom. The van der Waals surface area contributed by atoms with Gasteiger partial charge in [0.05, 0.1) is 19.8 Å². The molecule has 4 heteroatoms. The molecule has 3 saturated carbocycles. The van der Waals surface area contributed by atoms with Gasteiger partial charge in [0.15, 0.2) is 0 Å². The highest BCUT2D eigenvalue weighted by Gasteiger charge is 2.68. The zero-order chi connectivity index (χ0) is 22.0. The van der Waals surface area contributed by atoms with Crippen molar-refractivity contribution in [2.75, 3.05) is 0 Å². The molecule has 6 rings (SSSR count). The van der Waals surface area contributed by atoms with Gasteiger partial charge in [-0.1, -0.05) is 92.8 Å². The number of rotatable bonds is 5. The predicted octanol–water partition coefficient (Wildman–Crippen LogP) is 5.75. The summed E-state index contributed by atoms with van der Waals surface area (Å²) in [5.41, 5.74) is 2.79. The quantitative estimate of drug-likeness (QED) is 0.563. The molecule has 0 amide bonds. The monoisotopic (exact) mass is 430 g/mol. The Kier molecular flexibility index (Phi) is 4.93. The van der Waals surface area contributed by atoms with Crippen molar-refractivity contribution in [3.8, 4) is 0 Å². The standard InChI is InChI=1S/C27H35BO2Si/c1-19(28-29-24-18-21-17-23(26(21,2)3)27(24,4)30-28)25(20-13-9-7-10-14-20)31(5,6)22-15-11-8-12-16-22/h7-16,21,23-25H,1,17-18H2,2-6H3/t21-,23-,24+,25-,27-/m1/s1. The van der Waals surface area contributed by atoms with Crippen LogP contribution in [0.3, 0.4) is 0 Å². The highest BCUT2D eigenvalue weighted by atomic mass is 28.3. The first-order chi connectivity index (χ1) is 14.7. The van der Waals surface area contributed by atoms with Gasteiger partial charge in [-0.2, -0.15) is 0 Å². The van der Waals surface area contributed by atoms with E-state index in [1.165, 1.54) is 17.2 Å². The van der Waals surface area contributed by atoms with Crippen LogP contribution in [0.5, 0.6) is 0 Å². The molecule has 2 aromatic rings. The molecule has 1 heterocycles. The first kappa shape index (κ1) is 21.2. The molecule has 0 unspecified atom stereocenters. The summed E-state index contributed by atoms with van der Waals surface area (Å²) in [6.45, 7) is 16.7. The lowest BCUT2D eigenvalue weighted by atomic mass is 9.43. The smallest absolute Gasteiger partial charge is 0.402 e. The second-order valence-electron chi connectivity index (χ2n) is 11.3. The fourth-order valence-corrected chi connectivity index (χ4v) is 10.4. The second kappa shape index (κ2) is 7.20. The van der Waals surface area contributed by atoms with Crippen molar-refractivity contribution in [1.29, 1.82) is 0 Å². The first-order valence-electron chi connectivity index (χ1n) is 11.8. The Balaban J connectivity index is 1.49. The molecule has 0 aromatic heterocycles. The molecule has 3 aliphatic carbocycles. The summed E-state index contributed by atoms with van der Waals surface area (Å²) in [5, 5.41) is 1.44. The average molecular weight is 430 g/mol. The molecule has 2 bridgehead atoms. The zero-order valence-electron chi connectivity index (χ0n) is 19.6. The zero-order valence-corrected chi connectivity index (χ0v) is 20.6. The maximum atomic E-state index is 6.83. The average Bonchev–Trinajstić information content (AvgIpc) is 3.12. The highest BCUT2D eigenvalue weighted by molar-refractivity contribution is 6.92. The van der Waals surface area contributed by atoms with Crippen LogP contribution in [-0.2, 0) is 9.31 Å². The summed E-state index contributed by atoms with van der Waals surface area (Å²) in [5.74, 6) is 1.32. The van der Waals surface area contributed by atoms with Crippen molar-refractivity contribution in [1.82, 2.24) is 0 Å². The van der Waals surface area contributed by atoms with E-state index in [1.54, 1.807) is 0 Å². The summed E-state index contributed by atoms with van der Waals surface area (Å²) in [6, 6.07) is 21.8. The van der Waals surface area contributed by atoms with Gasteiger partial charge in [-0.05, 0) is 48.1 Å². The predicted molar refractivity (Wildman–Crippen MR) is 132 cm³/mol. The van der Waals surface area contributed by atoms with Crippen molar-refractivity contribution in [2.24, 2.45) is 17.3 Å². The molecule has 1 saturated heterocycles. The minimum absolute atomic E-state index is 0.184. The molecule has 162 valence electrons. The SMILES string of the molecule is C=C(B1O[C@H]2C[C@H]3C[C@H](C3(C)C)[C@@]2(C)O1)[C@H](c1ccccc1)[Si](C)(C)c1ccccc1. The van der Waals surface area contributed by atoms with Crippen molar-refractivity contribution < 1.29 is 9.31 Å². The number of allylic oxidation sites excluding steroid dienone is 1. The fraction of sp³-hybridized carbons (Fsp3) is 0.481. The van der Waals surface area contributed by atoms with Gasteiger partial charge in [-0.25, -0.2) is 0 Å². The van der Waals surface area contributed by atoms with Gasteiger partial charge in [0.1, 0.15) is 0 Å². The molecule has 0 N–H and O–H groups in total. The Bertz CT molecular complexity index is 973. The largest absolute Gasteiger partial charge is 0.490 e.